The largest absolute Gasteiger partial charge is 0.459 e. The quantitative estimate of drug-likeness (QED) is 0.747. The summed E-state index contributed by atoms with van der Waals surface area (Å²) in [6.07, 6.45) is 2.69. The zero-order valence-corrected chi connectivity index (χ0v) is 14.8. The fraction of sp³-hybridized carbons (Fsp3) is 0.389. The maximum Gasteiger partial charge on any atom is 0.317 e. The first-order chi connectivity index (χ1) is 12.1. The standard InChI is InChI=1S/C18H23N5O2/c1-4-9-23-12-20-21-17(23)11-22(3)18(24)19-10-16-13(2)14-7-5-6-8-15(14)25-16/h5-8,12H,4,9-11H2,1-3H3,(H,19,24). The Morgan fingerprint density at radius 1 is 1.36 bits per heavy atom. The lowest BCUT2D eigenvalue weighted by Gasteiger charge is -2.17. The predicted octanol–water partition coefficient (Wildman–Crippen LogP) is 3.08. The maximum absolute atomic E-state index is 12.4. The molecule has 7 nitrogen and oxygen atoms in total. The molecule has 1 N–H and O–H groups in total. The van der Waals surface area contributed by atoms with Crippen molar-refractivity contribution < 1.29 is 9.21 Å². The van der Waals surface area contributed by atoms with Crippen LogP contribution in [0.2, 0.25) is 0 Å². The predicted molar refractivity (Wildman–Crippen MR) is 95.0 cm³/mol. The molecule has 0 atom stereocenters. The summed E-state index contributed by atoms with van der Waals surface area (Å²) in [6.45, 7) is 5.70. The van der Waals surface area contributed by atoms with Crippen molar-refractivity contribution in [1.82, 2.24) is 25.0 Å². The minimum absolute atomic E-state index is 0.175. The van der Waals surface area contributed by atoms with Gasteiger partial charge in [0.25, 0.3) is 0 Å². The van der Waals surface area contributed by atoms with Gasteiger partial charge in [0.15, 0.2) is 5.82 Å². The van der Waals surface area contributed by atoms with Crippen LogP contribution in [0.15, 0.2) is 35.0 Å². The van der Waals surface area contributed by atoms with Gasteiger partial charge in [-0.15, -0.1) is 10.2 Å². The van der Waals surface area contributed by atoms with E-state index >= 15 is 0 Å². The molecule has 3 aromatic rings. The Balaban J connectivity index is 1.61. The van der Waals surface area contributed by atoms with E-state index in [4.69, 9.17) is 4.42 Å². The van der Waals surface area contributed by atoms with E-state index in [-0.39, 0.29) is 6.03 Å². The molecule has 0 aliphatic carbocycles. The summed E-state index contributed by atoms with van der Waals surface area (Å²) < 4.78 is 7.79. The van der Waals surface area contributed by atoms with Crippen molar-refractivity contribution in [2.45, 2.75) is 39.9 Å². The molecule has 2 aromatic heterocycles. The molecule has 2 amide bonds. The number of furan rings is 1. The molecule has 0 saturated carbocycles. The summed E-state index contributed by atoms with van der Waals surface area (Å²) in [5.74, 6) is 1.55. The number of nitrogens with one attached hydrogen (secondary N) is 1. The van der Waals surface area contributed by atoms with Gasteiger partial charge in [0.1, 0.15) is 17.7 Å². The molecule has 0 aliphatic heterocycles. The van der Waals surface area contributed by atoms with Gasteiger partial charge >= 0.3 is 6.03 Å². The monoisotopic (exact) mass is 341 g/mol. The molecule has 7 heteroatoms. The number of benzene rings is 1. The minimum atomic E-state index is -0.175. The zero-order chi connectivity index (χ0) is 17.8. The van der Waals surface area contributed by atoms with Crippen molar-refractivity contribution in [3.05, 3.63) is 47.7 Å². The van der Waals surface area contributed by atoms with E-state index < -0.39 is 0 Å². The lowest BCUT2D eigenvalue weighted by Crippen LogP contribution is -2.37. The molecule has 25 heavy (non-hydrogen) atoms. The fourth-order valence-electron chi connectivity index (χ4n) is 2.80. The SMILES string of the molecule is CCCn1cnnc1CN(C)C(=O)NCc1oc2ccccc2c1C. The smallest absolute Gasteiger partial charge is 0.317 e. The summed E-state index contributed by atoms with van der Waals surface area (Å²) in [6, 6.07) is 7.69. The lowest BCUT2D eigenvalue weighted by molar-refractivity contribution is 0.203. The average molecular weight is 341 g/mol. The third-order valence-electron chi connectivity index (χ3n) is 4.23. The number of rotatable bonds is 6. The van der Waals surface area contributed by atoms with Gasteiger partial charge in [0.2, 0.25) is 0 Å². The van der Waals surface area contributed by atoms with Crippen LogP contribution in [0.4, 0.5) is 4.79 Å². The van der Waals surface area contributed by atoms with Crippen molar-refractivity contribution in [2.24, 2.45) is 0 Å². The molecule has 0 bridgehead atoms. The van der Waals surface area contributed by atoms with E-state index in [0.717, 1.165) is 41.1 Å². The minimum Gasteiger partial charge on any atom is -0.459 e. The first-order valence-corrected chi connectivity index (χ1v) is 8.42. The van der Waals surface area contributed by atoms with Crippen LogP contribution in [-0.2, 0) is 19.6 Å². The fourth-order valence-corrected chi connectivity index (χ4v) is 2.80. The number of urea groups is 1. The molecule has 0 unspecified atom stereocenters. The van der Waals surface area contributed by atoms with E-state index in [1.165, 1.54) is 0 Å². The summed E-state index contributed by atoms with van der Waals surface area (Å²) in [4.78, 5) is 13.9. The third-order valence-corrected chi connectivity index (χ3v) is 4.23. The molecule has 0 spiro atoms. The normalized spacial score (nSPS) is 11.0. The summed E-state index contributed by atoms with van der Waals surface area (Å²) in [7, 11) is 1.74. The summed E-state index contributed by atoms with van der Waals surface area (Å²) in [5, 5.41) is 12.0. The number of aryl methyl sites for hydroxylation is 2. The summed E-state index contributed by atoms with van der Waals surface area (Å²) >= 11 is 0. The van der Waals surface area contributed by atoms with Gasteiger partial charge in [-0.25, -0.2) is 4.79 Å². The molecule has 132 valence electrons. The first kappa shape index (κ1) is 17.0. The van der Waals surface area contributed by atoms with E-state index in [0.29, 0.717) is 13.1 Å². The molecule has 1 aromatic carbocycles. The Morgan fingerprint density at radius 2 is 2.16 bits per heavy atom. The number of hydrogen-bond donors (Lipinski definition) is 1. The second-order valence-electron chi connectivity index (χ2n) is 6.10. The highest BCUT2D eigenvalue weighted by atomic mass is 16.3. The Labute approximate surface area is 146 Å². The topological polar surface area (TPSA) is 76.2 Å². The van der Waals surface area contributed by atoms with Crippen molar-refractivity contribution in [3.63, 3.8) is 0 Å². The Bertz CT molecular complexity index is 867. The second-order valence-corrected chi connectivity index (χ2v) is 6.10. The van der Waals surface area contributed by atoms with Crippen molar-refractivity contribution in [3.8, 4) is 0 Å². The van der Waals surface area contributed by atoms with Crippen LogP contribution >= 0.6 is 0 Å². The van der Waals surface area contributed by atoms with Gasteiger partial charge < -0.3 is 19.2 Å². The van der Waals surface area contributed by atoms with E-state index in [2.05, 4.69) is 22.4 Å². The number of amides is 2. The number of para-hydroxylation sites is 1. The van der Waals surface area contributed by atoms with Gasteiger partial charge in [0, 0.05) is 24.5 Å². The van der Waals surface area contributed by atoms with Crippen LogP contribution in [0.25, 0.3) is 11.0 Å². The highest BCUT2D eigenvalue weighted by molar-refractivity contribution is 5.82. The number of carbonyl (C=O) groups is 1. The molecule has 2 heterocycles. The molecule has 3 rings (SSSR count). The van der Waals surface area contributed by atoms with E-state index in [1.807, 2.05) is 35.8 Å². The highest BCUT2D eigenvalue weighted by Gasteiger charge is 2.15. The van der Waals surface area contributed by atoms with Gasteiger partial charge in [-0.1, -0.05) is 25.1 Å². The zero-order valence-electron chi connectivity index (χ0n) is 14.8. The van der Waals surface area contributed by atoms with Crippen LogP contribution in [0.1, 0.15) is 30.5 Å². The Kier molecular flexibility index (Phi) is 5.02. The van der Waals surface area contributed by atoms with Crippen molar-refractivity contribution in [1.29, 1.82) is 0 Å². The second kappa shape index (κ2) is 7.38. The molecule has 0 fully saturated rings. The van der Waals surface area contributed by atoms with Crippen LogP contribution < -0.4 is 5.32 Å². The van der Waals surface area contributed by atoms with Crippen LogP contribution in [-0.4, -0.2) is 32.7 Å². The number of carbonyl (C=O) groups excluding carboxylic acids is 1. The molecule has 0 radical (unpaired) electrons. The maximum atomic E-state index is 12.4. The molecule has 0 saturated heterocycles. The molecular weight excluding hydrogens is 318 g/mol. The van der Waals surface area contributed by atoms with Gasteiger partial charge in [-0.3, -0.25) is 0 Å². The van der Waals surface area contributed by atoms with Gasteiger partial charge in [-0.05, 0) is 19.4 Å². The molecule has 0 aliphatic rings. The highest BCUT2D eigenvalue weighted by Crippen LogP contribution is 2.24. The number of fused-ring (bicyclic) bond motifs is 1. The summed E-state index contributed by atoms with van der Waals surface area (Å²) in [5.41, 5.74) is 1.89. The van der Waals surface area contributed by atoms with Crippen molar-refractivity contribution >= 4 is 17.0 Å². The van der Waals surface area contributed by atoms with Gasteiger partial charge in [-0.2, -0.15) is 0 Å². The number of nitrogens with zero attached hydrogens (tertiary/aromatic N) is 4. The Morgan fingerprint density at radius 3 is 2.92 bits per heavy atom. The average Bonchev–Trinajstić information content (AvgIpc) is 3.18. The number of aromatic nitrogens is 3. The van der Waals surface area contributed by atoms with Crippen molar-refractivity contribution in [2.75, 3.05) is 7.05 Å². The number of hydrogen-bond acceptors (Lipinski definition) is 4. The van der Waals surface area contributed by atoms with Gasteiger partial charge in [0.05, 0.1) is 13.1 Å². The first-order valence-electron chi connectivity index (χ1n) is 8.42. The van der Waals surface area contributed by atoms with Crippen LogP contribution in [0.3, 0.4) is 0 Å². The van der Waals surface area contributed by atoms with Crippen LogP contribution in [0, 0.1) is 6.92 Å². The van der Waals surface area contributed by atoms with E-state index in [9.17, 15) is 4.79 Å². The van der Waals surface area contributed by atoms with E-state index in [1.54, 1.807) is 18.3 Å². The van der Waals surface area contributed by atoms with Crippen LogP contribution in [0.5, 0.6) is 0 Å². The molecular formula is C18H23N5O2. The lowest BCUT2D eigenvalue weighted by atomic mass is 10.1. The third kappa shape index (κ3) is 3.65. The Hall–Kier alpha value is -2.83.